The fourth-order valence-electron chi connectivity index (χ4n) is 4.56. The maximum atomic E-state index is 13.3. The van der Waals surface area contributed by atoms with Gasteiger partial charge in [0.15, 0.2) is 0 Å². The lowest BCUT2D eigenvalue weighted by molar-refractivity contribution is -0.131. The summed E-state index contributed by atoms with van der Waals surface area (Å²) in [5, 5.41) is 0.661. The molecule has 0 spiro atoms. The van der Waals surface area contributed by atoms with Gasteiger partial charge >= 0.3 is 0 Å². The van der Waals surface area contributed by atoms with E-state index in [0.29, 0.717) is 57.1 Å². The largest absolute Gasteiger partial charge is 0.346 e. The van der Waals surface area contributed by atoms with Crippen LogP contribution in [0.1, 0.15) is 43.7 Å². The molecule has 2 aromatic rings. The van der Waals surface area contributed by atoms with Crippen LogP contribution in [0.4, 0.5) is 0 Å². The van der Waals surface area contributed by atoms with E-state index < -0.39 is 10.2 Å². The minimum Gasteiger partial charge on any atom is -0.346 e. The van der Waals surface area contributed by atoms with Crippen LogP contribution in [0.15, 0.2) is 48.8 Å². The molecule has 2 fully saturated rings. The van der Waals surface area contributed by atoms with Crippen LogP contribution in [0.5, 0.6) is 0 Å². The standard InChI is InChI=1S/C23H31ClN4O3S/c24-21-9-7-20(8-10-21)22(25-11-4-5-12-25)19-23(29)26-13-6-16-28(18-17-26)32(30,31)27-14-2-1-3-15-27/h4-5,7-12,22H,1-3,6,13-19H2. The van der Waals surface area contributed by atoms with E-state index in [1.807, 2.05) is 58.3 Å². The molecule has 4 rings (SSSR count). The summed E-state index contributed by atoms with van der Waals surface area (Å²) in [6.45, 7) is 3.00. The summed E-state index contributed by atoms with van der Waals surface area (Å²) in [6, 6.07) is 11.3. The Kier molecular flexibility index (Phi) is 7.55. The molecule has 9 heteroatoms. The number of halogens is 1. The molecule has 1 aromatic carbocycles. The van der Waals surface area contributed by atoms with Gasteiger partial charge in [0.2, 0.25) is 5.91 Å². The third kappa shape index (κ3) is 5.36. The third-order valence-corrected chi connectivity index (χ3v) is 8.67. The van der Waals surface area contributed by atoms with E-state index >= 15 is 0 Å². The highest BCUT2D eigenvalue weighted by Gasteiger charge is 2.33. The highest BCUT2D eigenvalue weighted by Crippen LogP contribution is 2.25. The van der Waals surface area contributed by atoms with E-state index in [1.165, 1.54) is 0 Å². The zero-order valence-corrected chi connectivity index (χ0v) is 19.8. The van der Waals surface area contributed by atoms with E-state index in [2.05, 4.69) is 0 Å². The molecule has 1 atom stereocenters. The maximum absolute atomic E-state index is 13.3. The number of piperidine rings is 1. The Hall–Kier alpha value is -1.87. The van der Waals surface area contributed by atoms with Crippen molar-refractivity contribution in [2.75, 3.05) is 39.3 Å². The van der Waals surface area contributed by atoms with Gasteiger partial charge in [0.05, 0.1) is 12.5 Å². The van der Waals surface area contributed by atoms with E-state index in [9.17, 15) is 13.2 Å². The van der Waals surface area contributed by atoms with Crippen LogP contribution < -0.4 is 0 Å². The molecule has 0 radical (unpaired) electrons. The first-order valence-corrected chi connectivity index (χ1v) is 13.1. The lowest BCUT2D eigenvalue weighted by atomic mass is 10.0. The summed E-state index contributed by atoms with van der Waals surface area (Å²) in [5.41, 5.74) is 1.02. The molecule has 0 saturated carbocycles. The minimum absolute atomic E-state index is 0.0378. The Balaban J connectivity index is 1.43. The fraction of sp³-hybridized carbons (Fsp3) is 0.522. The maximum Gasteiger partial charge on any atom is 0.282 e. The number of carbonyl (C=O) groups excluding carboxylic acids is 1. The van der Waals surface area contributed by atoms with Crippen molar-refractivity contribution in [1.29, 1.82) is 0 Å². The van der Waals surface area contributed by atoms with Crippen LogP contribution >= 0.6 is 11.6 Å². The number of nitrogens with zero attached hydrogens (tertiary/aromatic N) is 4. The second-order valence-corrected chi connectivity index (χ2v) is 10.9. The summed E-state index contributed by atoms with van der Waals surface area (Å²) < 4.78 is 31.3. The molecule has 174 valence electrons. The molecule has 1 amide bonds. The van der Waals surface area contributed by atoms with Gasteiger partial charge in [-0.05, 0) is 49.1 Å². The predicted molar refractivity (Wildman–Crippen MR) is 126 cm³/mol. The molecule has 1 aromatic heterocycles. The van der Waals surface area contributed by atoms with Crippen molar-refractivity contribution in [2.45, 2.75) is 38.1 Å². The molecule has 0 bridgehead atoms. The predicted octanol–water partition coefficient (Wildman–Crippen LogP) is 3.39. The van der Waals surface area contributed by atoms with Crippen molar-refractivity contribution in [3.8, 4) is 0 Å². The third-order valence-electron chi connectivity index (χ3n) is 6.39. The number of rotatable bonds is 6. The molecular formula is C23H31ClN4O3S. The summed E-state index contributed by atoms with van der Waals surface area (Å²) in [5.74, 6) is 0.0378. The van der Waals surface area contributed by atoms with Crippen molar-refractivity contribution in [3.05, 3.63) is 59.4 Å². The van der Waals surface area contributed by atoms with Gasteiger partial charge in [-0.3, -0.25) is 4.79 Å². The minimum atomic E-state index is -3.45. The quantitative estimate of drug-likeness (QED) is 0.639. The van der Waals surface area contributed by atoms with E-state index in [0.717, 1.165) is 24.8 Å². The monoisotopic (exact) mass is 478 g/mol. The molecule has 0 aliphatic carbocycles. The van der Waals surface area contributed by atoms with Gasteiger partial charge in [-0.15, -0.1) is 0 Å². The van der Waals surface area contributed by atoms with Gasteiger partial charge in [-0.1, -0.05) is 30.2 Å². The van der Waals surface area contributed by atoms with Gasteiger partial charge in [0, 0.05) is 56.7 Å². The molecular weight excluding hydrogens is 448 g/mol. The van der Waals surface area contributed by atoms with Crippen LogP contribution in [-0.2, 0) is 15.0 Å². The highest BCUT2D eigenvalue weighted by molar-refractivity contribution is 7.86. The number of amides is 1. The first-order valence-electron chi connectivity index (χ1n) is 11.4. The van der Waals surface area contributed by atoms with Gasteiger partial charge in [0.25, 0.3) is 10.2 Å². The van der Waals surface area contributed by atoms with Crippen LogP contribution in [0.2, 0.25) is 5.02 Å². The van der Waals surface area contributed by atoms with Crippen molar-refractivity contribution in [3.63, 3.8) is 0 Å². The number of aromatic nitrogens is 1. The Morgan fingerprint density at radius 1 is 0.844 bits per heavy atom. The van der Waals surface area contributed by atoms with Crippen molar-refractivity contribution >= 4 is 27.7 Å². The molecule has 3 heterocycles. The van der Waals surface area contributed by atoms with E-state index in [4.69, 9.17) is 11.6 Å². The number of carbonyl (C=O) groups is 1. The molecule has 0 N–H and O–H groups in total. The molecule has 2 aliphatic rings. The molecule has 1 unspecified atom stereocenters. The highest BCUT2D eigenvalue weighted by atomic mass is 35.5. The van der Waals surface area contributed by atoms with E-state index in [-0.39, 0.29) is 11.9 Å². The van der Waals surface area contributed by atoms with E-state index in [1.54, 1.807) is 8.61 Å². The van der Waals surface area contributed by atoms with Crippen LogP contribution in [0, 0.1) is 0 Å². The van der Waals surface area contributed by atoms with Crippen LogP contribution in [0.25, 0.3) is 0 Å². The number of hydrogen-bond acceptors (Lipinski definition) is 3. The lowest BCUT2D eigenvalue weighted by Crippen LogP contribution is -2.47. The topological polar surface area (TPSA) is 65.9 Å². The lowest BCUT2D eigenvalue weighted by Gasteiger charge is -2.31. The zero-order valence-electron chi connectivity index (χ0n) is 18.3. The summed E-state index contributed by atoms with van der Waals surface area (Å²) >= 11 is 6.05. The van der Waals surface area contributed by atoms with Gasteiger partial charge in [0.1, 0.15) is 0 Å². The fourth-order valence-corrected chi connectivity index (χ4v) is 6.41. The van der Waals surface area contributed by atoms with Crippen molar-refractivity contribution in [1.82, 2.24) is 18.1 Å². The van der Waals surface area contributed by atoms with Gasteiger partial charge in [-0.2, -0.15) is 17.0 Å². The zero-order chi connectivity index (χ0) is 22.6. The number of hydrogen-bond donors (Lipinski definition) is 0. The van der Waals surface area contributed by atoms with Crippen molar-refractivity contribution in [2.24, 2.45) is 0 Å². The van der Waals surface area contributed by atoms with Crippen LogP contribution in [0.3, 0.4) is 0 Å². The average Bonchev–Trinajstić information content (AvgIpc) is 3.21. The molecule has 2 saturated heterocycles. The normalized spacial score (nSPS) is 20.1. The Bertz CT molecular complexity index is 989. The molecule has 2 aliphatic heterocycles. The summed E-state index contributed by atoms with van der Waals surface area (Å²) in [4.78, 5) is 15.1. The second kappa shape index (κ2) is 10.4. The average molecular weight is 479 g/mol. The smallest absolute Gasteiger partial charge is 0.282 e. The summed E-state index contributed by atoms with van der Waals surface area (Å²) in [6.07, 6.45) is 7.81. The first-order chi connectivity index (χ1) is 15.4. The second-order valence-electron chi connectivity index (χ2n) is 8.50. The number of benzene rings is 1. The van der Waals surface area contributed by atoms with Crippen LogP contribution in [-0.4, -0.2) is 71.7 Å². The summed E-state index contributed by atoms with van der Waals surface area (Å²) in [7, 11) is -3.45. The molecule has 32 heavy (non-hydrogen) atoms. The van der Waals surface area contributed by atoms with Gasteiger partial charge in [-0.25, -0.2) is 0 Å². The Morgan fingerprint density at radius 2 is 1.47 bits per heavy atom. The first kappa shape index (κ1) is 23.3. The molecule has 7 nitrogen and oxygen atoms in total. The Labute approximate surface area is 195 Å². The van der Waals surface area contributed by atoms with Crippen molar-refractivity contribution < 1.29 is 13.2 Å². The van der Waals surface area contributed by atoms with Gasteiger partial charge < -0.3 is 9.47 Å². The Morgan fingerprint density at radius 3 is 2.16 bits per heavy atom. The SMILES string of the molecule is O=C(CC(c1ccc(Cl)cc1)n1cccc1)N1CCCN(S(=O)(=O)N2CCCCC2)CC1.